The third kappa shape index (κ3) is 4.85. The van der Waals surface area contributed by atoms with Crippen LogP contribution >= 0.6 is 28.3 Å². The first-order valence-corrected chi connectivity index (χ1v) is 7.71. The molecule has 0 aromatic heterocycles. The third-order valence-electron chi connectivity index (χ3n) is 2.43. The van der Waals surface area contributed by atoms with Crippen LogP contribution in [0, 0.1) is 6.92 Å². The zero-order valence-electron chi connectivity index (χ0n) is 10.1. The van der Waals surface area contributed by atoms with Crippen molar-refractivity contribution < 1.29 is 8.42 Å². The van der Waals surface area contributed by atoms with Gasteiger partial charge in [0.05, 0.1) is 4.90 Å². The van der Waals surface area contributed by atoms with Crippen molar-refractivity contribution in [3.05, 3.63) is 28.2 Å². The van der Waals surface area contributed by atoms with Gasteiger partial charge in [0, 0.05) is 11.0 Å². The summed E-state index contributed by atoms with van der Waals surface area (Å²) in [6.45, 7) is 2.78. The minimum Gasteiger partial charge on any atom is -0.330 e. The Hall–Kier alpha value is -0.140. The quantitative estimate of drug-likeness (QED) is 0.767. The lowest BCUT2D eigenvalue weighted by Gasteiger charge is -2.10. The summed E-state index contributed by atoms with van der Waals surface area (Å²) in [5.74, 6) is 0. The van der Waals surface area contributed by atoms with Gasteiger partial charge < -0.3 is 5.73 Å². The van der Waals surface area contributed by atoms with E-state index >= 15 is 0 Å². The predicted molar refractivity (Wildman–Crippen MR) is 79.6 cm³/mol. The average Bonchev–Trinajstić information content (AvgIpc) is 2.28. The van der Waals surface area contributed by atoms with E-state index in [2.05, 4.69) is 20.7 Å². The lowest BCUT2D eigenvalue weighted by atomic mass is 10.2. The highest BCUT2D eigenvalue weighted by molar-refractivity contribution is 9.10. The molecule has 0 saturated carbocycles. The number of hydrogen-bond donors (Lipinski definition) is 2. The fourth-order valence-corrected chi connectivity index (χ4v) is 3.27. The van der Waals surface area contributed by atoms with E-state index in [0.717, 1.165) is 22.9 Å². The molecule has 7 heteroatoms. The van der Waals surface area contributed by atoms with Crippen molar-refractivity contribution in [3.63, 3.8) is 0 Å². The molecule has 4 nitrogen and oxygen atoms in total. The normalized spacial score (nSPS) is 11.1. The molecule has 0 unspecified atom stereocenters. The lowest BCUT2D eigenvalue weighted by molar-refractivity contribution is 0.576. The average molecular weight is 358 g/mol. The summed E-state index contributed by atoms with van der Waals surface area (Å²) in [6, 6.07) is 5.14. The van der Waals surface area contributed by atoms with Crippen molar-refractivity contribution in [2.75, 3.05) is 13.1 Å². The van der Waals surface area contributed by atoms with Crippen molar-refractivity contribution >= 4 is 38.4 Å². The Balaban J connectivity index is 0.00000289. The van der Waals surface area contributed by atoms with Crippen LogP contribution in [0.1, 0.15) is 18.4 Å². The van der Waals surface area contributed by atoms with Gasteiger partial charge in [0.15, 0.2) is 0 Å². The zero-order chi connectivity index (χ0) is 12.9. The Morgan fingerprint density at radius 3 is 2.61 bits per heavy atom. The molecule has 1 rings (SSSR count). The summed E-state index contributed by atoms with van der Waals surface area (Å²) in [5, 5.41) is 0. The first kappa shape index (κ1) is 17.9. The standard InChI is InChI=1S/C11H17BrN2O2S.ClH/c1-9-10(12)5-4-6-11(9)17(15,16)14-8-3-2-7-13;/h4-6,14H,2-3,7-8,13H2,1H3;1H. The molecule has 0 aliphatic heterocycles. The van der Waals surface area contributed by atoms with Crippen LogP contribution in [0.5, 0.6) is 0 Å². The molecule has 1 aromatic carbocycles. The fraction of sp³-hybridized carbons (Fsp3) is 0.455. The number of hydrogen-bond acceptors (Lipinski definition) is 3. The van der Waals surface area contributed by atoms with E-state index in [4.69, 9.17) is 5.73 Å². The maximum absolute atomic E-state index is 12.0. The number of rotatable bonds is 6. The number of benzene rings is 1. The summed E-state index contributed by atoms with van der Waals surface area (Å²) in [6.07, 6.45) is 1.57. The van der Waals surface area contributed by atoms with Crippen molar-refractivity contribution in [3.8, 4) is 0 Å². The Bertz CT molecular complexity index is 480. The van der Waals surface area contributed by atoms with Gasteiger partial charge >= 0.3 is 0 Å². The Labute approximate surface area is 123 Å². The summed E-state index contributed by atoms with van der Waals surface area (Å²) in [4.78, 5) is 0.319. The Morgan fingerprint density at radius 2 is 2.00 bits per heavy atom. The summed E-state index contributed by atoms with van der Waals surface area (Å²) in [7, 11) is -3.41. The number of halogens is 2. The molecule has 0 radical (unpaired) electrons. The van der Waals surface area contributed by atoms with Crippen LogP contribution in [0.2, 0.25) is 0 Å². The van der Waals surface area contributed by atoms with Gasteiger partial charge in [-0.05, 0) is 44.0 Å². The molecule has 0 bridgehead atoms. The zero-order valence-corrected chi connectivity index (χ0v) is 13.4. The van der Waals surface area contributed by atoms with Gasteiger partial charge in [-0.2, -0.15) is 0 Å². The first-order chi connectivity index (χ1) is 7.99. The van der Waals surface area contributed by atoms with Crippen LogP contribution in [0.15, 0.2) is 27.6 Å². The van der Waals surface area contributed by atoms with Crippen LogP contribution in [-0.4, -0.2) is 21.5 Å². The van der Waals surface area contributed by atoms with Crippen LogP contribution in [0.4, 0.5) is 0 Å². The van der Waals surface area contributed by atoms with Crippen LogP contribution in [-0.2, 0) is 10.0 Å². The highest BCUT2D eigenvalue weighted by Crippen LogP contribution is 2.22. The topological polar surface area (TPSA) is 72.2 Å². The van der Waals surface area contributed by atoms with E-state index in [-0.39, 0.29) is 12.4 Å². The SMILES string of the molecule is Cc1c(Br)cccc1S(=O)(=O)NCCCCN.Cl. The van der Waals surface area contributed by atoms with Gasteiger partial charge in [0.2, 0.25) is 10.0 Å². The molecule has 0 saturated heterocycles. The monoisotopic (exact) mass is 356 g/mol. The minimum atomic E-state index is -3.41. The molecule has 0 fully saturated rings. The van der Waals surface area contributed by atoms with E-state index in [1.165, 1.54) is 0 Å². The molecule has 0 heterocycles. The first-order valence-electron chi connectivity index (χ1n) is 5.44. The molecule has 0 aliphatic carbocycles. The summed E-state index contributed by atoms with van der Waals surface area (Å²) >= 11 is 3.32. The Morgan fingerprint density at radius 1 is 1.33 bits per heavy atom. The predicted octanol–water partition coefficient (Wildman–Crippen LogP) is 2.20. The lowest BCUT2D eigenvalue weighted by Crippen LogP contribution is -2.26. The van der Waals surface area contributed by atoms with E-state index < -0.39 is 10.0 Å². The molecule has 0 atom stereocenters. The number of nitrogens with one attached hydrogen (secondary N) is 1. The molecular formula is C11H18BrClN2O2S. The smallest absolute Gasteiger partial charge is 0.240 e. The number of unbranched alkanes of at least 4 members (excludes halogenated alkanes) is 1. The van der Waals surface area contributed by atoms with E-state index in [1.807, 2.05) is 6.07 Å². The van der Waals surface area contributed by atoms with Crippen molar-refractivity contribution in [1.82, 2.24) is 4.72 Å². The van der Waals surface area contributed by atoms with Gasteiger partial charge in [-0.1, -0.05) is 22.0 Å². The van der Waals surface area contributed by atoms with Crippen LogP contribution in [0.25, 0.3) is 0 Å². The van der Waals surface area contributed by atoms with Gasteiger partial charge in [-0.25, -0.2) is 13.1 Å². The summed E-state index contributed by atoms with van der Waals surface area (Å²) in [5.41, 5.74) is 6.07. The minimum absolute atomic E-state index is 0. The van der Waals surface area contributed by atoms with Gasteiger partial charge in [-0.15, -0.1) is 12.4 Å². The van der Waals surface area contributed by atoms with Crippen molar-refractivity contribution in [2.24, 2.45) is 5.73 Å². The molecule has 0 amide bonds. The molecule has 0 aliphatic rings. The second-order valence-corrected chi connectivity index (χ2v) is 6.35. The fourth-order valence-electron chi connectivity index (χ4n) is 1.43. The van der Waals surface area contributed by atoms with Crippen molar-refractivity contribution in [2.45, 2.75) is 24.7 Å². The van der Waals surface area contributed by atoms with E-state index in [1.54, 1.807) is 19.1 Å². The Kier molecular flexibility index (Phi) is 8.05. The van der Waals surface area contributed by atoms with E-state index in [9.17, 15) is 8.42 Å². The molecular weight excluding hydrogens is 340 g/mol. The summed E-state index contributed by atoms with van der Waals surface area (Å²) < 4.78 is 27.4. The maximum atomic E-state index is 12.0. The molecule has 3 N–H and O–H groups in total. The van der Waals surface area contributed by atoms with Crippen molar-refractivity contribution in [1.29, 1.82) is 0 Å². The highest BCUT2D eigenvalue weighted by Gasteiger charge is 2.16. The third-order valence-corrected chi connectivity index (χ3v) is 4.90. The highest BCUT2D eigenvalue weighted by atomic mass is 79.9. The largest absolute Gasteiger partial charge is 0.330 e. The van der Waals surface area contributed by atoms with Gasteiger partial charge in [0.25, 0.3) is 0 Å². The van der Waals surface area contributed by atoms with E-state index in [0.29, 0.717) is 18.0 Å². The van der Waals surface area contributed by atoms with Gasteiger partial charge in [0.1, 0.15) is 0 Å². The molecule has 1 aromatic rings. The molecule has 104 valence electrons. The molecule has 18 heavy (non-hydrogen) atoms. The van der Waals surface area contributed by atoms with Crippen LogP contribution in [0.3, 0.4) is 0 Å². The van der Waals surface area contributed by atoms with Crippen LogP contribution < -0.4 is 10.5 Å². The number of nitrogens with two attached hydrogens (primary N) is 1. The second kappa shape index (κ2) is 8.12. The maximum Gasteiger partial charge on any atom is 0.240 e. The number of sulfonamides is 1. The molecule has 0 spiro atoms. The second-order valence-electron chi connectivity index (χ2n) is 3.76. The van der Waals surface area contributed by atoms with Gasteiger partial charge in [-0.3, -0.25) is 0 Å².